The number of nitrogen functional groups attached to an aromatic ring is 1. The lowest BCUT2D eigenvalue weighted by Crippen LogP contribution is -2.51. The quantitative estimate of drug-likeness (QED) is 0.500. The Balaban J connectivity index is 0.000000701. The van der Waals surface area contributed by atoms with Crippen LogP contribution in [-0.4, -0.2) is 86.9 Å². The normalized spacial score (nSPS) is 25.1. The minimum absolute atomic E-state index is 0.0783. The van der Waals surface area contributed by atoms with Gasteiger partial charge in [-0.3, -0.25) is 14.7 Å². The number of aromatic amines is 1. The summed E-state index contributed by atoms with van der Waals surface area (Å²) in [5.74, 6) is 1.13. The Morgan fingerprint density at radius 1 is 1.32 bits per heavy atom. The summed E-state index contributed by atoms with van der Waals surface area (Å²) < 4.78 is 0. The van der Waals surface area contributed by atoms with Gasteiger partial charge in [0.1, 0.15) is 5.82 Å². The molecule has 10 heteroatoms. The molecule has 1 aromatic heterocycles. The van der Waals surface area contributed by atoms with Crippen LogP contribution in [0.25, 0.3) is 0 Å². The van der Waals surface area contributed by atoms with Crippen molar-refractivity contribution in [1.82, 2.24) is 25.0 Å². The summed E-state index contributed by atoms with van der Waals surface area (Å²) in [6, 6.07) is 0. The number of nitrogens with zero attached hydrogens (tertiary/aromatic N) is 4. The fraction of sp³-hybridized carbons (Fsp3) is 0.733. The van der Waals surface area contributed by atoms with Crippen LogP contribution >= 0.6 is 0 Å². The molecular formula is C15H26N6O4. The van der Waals surface area contributed by atoms with Crippen molar-refractivity contribution in [3.8, 4) is 0 Å². The third kappa shape index (κ3) is 4.89. The number of aliphatic hydroxyl groups excluding tert-OH is 1. The van der Waals surface area contributed by atoms with Crippen molar-refractivity contribution in [2.24, 2.45) is 5.92 Å². The maximum absolute atomic E-state index is 12.6. The fourth-order valence-electron chi connectivity index (χ4n) is 3.42. The predicted octanol–water partition coefficient (Wildman–Crippen LogP) is -0.894. The number of H-pyrrole nitrogens is 1. The monoisotopic (exact) mass is 354 g/mol. The highest BCUT2D eigenvalue weighted by Gasteiger charge is 2.36. The number of carbonyl (C=O) groups excluding carboxylic acids is 1. The van der Waals surface area contributed by atoms with E-state index in [0.717, 1.165) is 25.2 Å². The van der Waals surface area contributed by atoms with Crippen molar-refractivity contribution < 1.29 is 19.8 Å². The van der Waals surface area contributed by atoms with Crippen molar-refractivity contribution in [3.05, 3.63) is 5.82 Å². The molecule has 2 aliphatic heterocycles. The van der Waals surface area contributed by atoms with Crippen LogP contribution in [-0.2, 0) is 9.59 Å². The highest BCUT2D eigenvalue weighted by atomic mass is 16.3. The second-order valence-corrected chi connectivity index (χ2v) is 6.51. The number of hydrogen-bond donors (Lipinski definition) is 4. The Bertz CT molecular complexity index is 572. The van der Waals surface area contributed by atoms with E-state index in [0.29, 0.717) is 26.1 Å². The number of aromatic nitrogens is 3. The van der Waals surface area contributed by atoms with Crippen molar-refractivity contribution >= 4 is 18.3 Å². The number of amides is 1. The van der Waals surface area contributed by atoms with Gasteiger partial charge in [0.2, 0.25) is 11.9 Å². The Morgan fingerprint density at radius 3 is 2.52 bits per heavy atom. The van der Waals surface area contributed by atoms with Gasteiger partial charge in [-0.2, -0.15) is 4.98 Å². The first kappa shape index (κ1) is 19.1. The van der Waals surface area contributed by atoms with Crippen LogP contribution in [0.15, 0.2) is 0 Å². The average molecular weight is 354 g/mol. The zero-order valence-electron chi connectivity index (χ0n) is 14.3. The van der Waals surface area contributed by atoms with Gasteiger partial charge in [-0.15, -0.1) is 5.10 Å². The predicted molar refractivity (Wildman–Crippen MR) is 89.7 cm³/mol. The van der Waals surface area contributed by atoms with Crippen LogP contribution < -0.4 is 5.73 Å². The standard InChI is InChI=1S/C14H24N6O2.CH2O2/c1-19-5-4-11(21)10(8-19)13(22)20-6-2-9(3-7-20)12-16-14(15)18-17-12;2-1-3/h9-11,21H,2-8H2,1H3,(H3,15,16,17,18);1H,(H,2,3)/t10-,11+;/m1./s1. The molecule has 0 radical (unpaired) electrons. The highest BCUT2D eigenvalue weighted by molar-refractivity contribution is 5.80. The molecule has 10 nitrogen and oxygen atoms in total. The third-order valence-corrected chi connectivity index (χ3v) is 4.81. The van der Waals surface area contributed by atoms with Crippen LogP contribution in [0.4, 0.5) is 5.95 Å². The molecule has 3 heterocycles. The Labute approximate surface area is 146 Å². The van der Waals surface area contributed by atoms with Crippen molar-refractivity contribution in [3.63, 3.8) is 0 Å². The maximum atomic E-state index is 12.6. The number of hydrogen-bond acceptors (Lipinski definition) is 7. The number of nitrogens with two attached hydrogens (primary N) is 1. The summed E-state index contributed by atoms with van der Waals surface area (Å²) in [5.41, 5.74) is 5.54. The second kappa shape index (κ2) is 8.77. The van der Waals surface area contributed by atoms with Crippen LogP contribution in [0, 0.1) is 5.92 Å². The number of piperidine rings is 2. The van der Waals surface area contributed by atoms with E-state index in [2.05, 4.69) is 20.1 Å². The zero-order valence-corrected chi connectivity index (χ0v) is 14.3. The lowest BCUT2D eigenvalue weighted by molar-refractivity contribution is -0.143. The van der Waals surface area contributed by atoms with E-state index in [-0.39, 0.29) is 30.2 Å². The van der Waals surface area contributed by atoms with Gasteiger partial charge in [0, 0.05) is 32.1 Å². The van der Waals surface area contributed by atoms with Gasteiger partial charge >= 0.3 is 0 Å². The molecule has 0 aromatic carbocycles. The van der Waals surface area contributed by atoms with Crippen molar-refractivity contribution in [1.29, 1.82) is 0 Å². The summed E-state index contributed by atoms with van der Waals surface area (Å²) in [6.45, 7) is 2.62. The molecule has 3 rings (SSSR count). The van der Waals surface area contributed by atoms with Gasteiger partial charge in [-0.25, -0.2) is 0 Å². The SMILES string of the molecule is CN1CC[C@H](O)[C@H](C(=O)N2CCC(c3nc(N)n[nH]3)CC2)C1.O=CO. The first-order valence-corrected chi connectivity index (χ1v) is 8.37. The van der Waals surface area contributed by atoms with Crippen molar-refractivity contribution in [2.75, 3.05) is 39.0 Å². The number of anilines is 1. The molecule has 0 saturated carbocycles. The lowest BCUT2D eigenvalue weighted by atomic mass is 9.91. The van der Waals surface area contributed by atoms with E-state index in [1.807, 2.05) is 11.9 Å². The van der Waals surface area contributed by atoms with Crippen LogP contribution in [0.2, 0.25) is 0 Å². The van der Waals surface area contributed by atoms with E-state index in [9.17, 15) is 9.90 Å². The van der Waals surface area contributed by atoms with Gasteiger partial charge < -0.3 is 25.7 Å². The van der Waals surface area contributed by atoms with Crippen LogP contribution in [0.3, 0.4) is 0 Å². The van der Waals surface area contributed by atoms with E-state index >= 15 is 0 Å². The Kier molecular flexibility index (Phi) is 6.71. The van der Waals surface area contributed by atoms with Crippen LogP contribution in [0.1, 0.15) is 31.0 Å². The molecule has 0 spiro atoms. The number of rotatable bonds is 2. The number of likely N-dealkylation sites (tertiary alicyclic amines) is 2. The first-order valence-electron chi connectivity index (χ1n) is 8.37. The molecule has 2 fully saturated rings. The first-order chi connectivity index (χ1) is 12.0. The van der Waals surface area contributed by atoms with E-state index in [1.54, 1.807) is 0 Å². The summed E-state index contributed by atoms with van der Waals surface area (Å²) in [6.07, 6.45) is 1.84. The molecule has 2 atom stereocenters. The smallest absolute Gasteiger partial charge is 0.290 e. The van der Waals surface area contributed by atoms with E-state index in [1.165, 1.54) is 0 Å². The molecular weight excluding hydrogens is 328 g/mol. The van der Waals surface area contributed by atoms with Crippen LogP contribution in [0.5, 0.6) is 0 Å². The maximum Gasteiger partial charge on any atom is 0.290 e. The minimum atomic E-state index is -0.518. The minimum Gasteiger partial charge on any atom is -0.483 e. The van der Waals surface area contributed by atoms with Gasteiger partial charge in [0.15, 0.2) is 0 Å². The number of carbonyl (C=O) groups is 2. The number of aliphatic hydroxyl groups is 1. The highest BCUT2D eigenvalue weighted by Crippen LogP contribution is 2.28. The fourth-order valence-corrected chi connectivity index (χ4v) is 3.42. The van der Waals surface area contributed by atoms with E-state index < -0.39 is 6.10 Å². The van der Waals surface area contributed by atoms with Gasteiger partial charge in [-0.05, 0) is 26.3 Å². The molecule has 1 aromatic rings. The third-order valence-electron chi connectivity index (χ3n) is 4.81. The van der Waals surface area contributed by atoms with Crippen molar-refractivity contribution in [2.45, 2.75) is 31.3 Å². The molecule has 2 aliphatic rings. The summed E-state index contributed by atoms with van der Waals surface area (Å²) in [7, 11) is 1.99. The van der Waals surface area contributed by atoms with Gasteiger partial charge in [-0.1, -0.05) is 0 Å². The Morgan fingerprint density at radius 2 is 1.96 bits per heavy atom. The molecule has 25 heavy (non-hydrogen) atoms. The summed E-state index contributed by atoms with van der Waals surface area (Å²) >= 11 is 0. The molecule has 1 amide bonds. The summed E-state index contributed by atoms with van der Waals surface area (Å²) in [4.78, 5) is 29.2. The molecule has 2 saturated heterocycles. The van der Waals surface area contributed by atoms with Gasteiger partial charge in [0.05, 0.1) is 12.0 Å². The summed E-state index contributed by atoms with van der Waals surface area (Å²) in [5, 5.41) is 23.7. The molecule has 0 bridgehead atoms. The largest absolute Gasteiger partial charge is 0.483 e. The number of carboxylic acid groups (broad SMARTS) is 1. The zero-order chi connectivity index (χ0) is 18.4. The Hall–Kier alpha value is -2.20. The van der Waals surface area contributed by atoms with Gasteiger partial charge in [0.25, 0.3) is 6.47 Å². The number of nitrogens with one attached hydrogen (secondary N) is 1. The molecule has 0 aliphatic carbocycles. The lowest BCUT2D eigenvalue weighted by Gasteiger charge is -2.38. The second-order valence-electron chi connectivity index (χ2n) is 6.51. The van der Waals surface area contributed by atoms with E-state index in [4.69, 9.17) is 15.6 Å². The molecule has 0 unspecified atom stereocenters. The molecule has 140 valence electrons. The molecule has 5 N–H and O–H groups in total. The topological polar surface area (TPSA) is 149 Å². The average Bonchev–Trinajstić information content (AvgIpc) is 3.04.